The average Bonchev–Trinajstić information content (AvgIpc) is 2.87. The highest BCUT2D eigenvalue weighted by atomic mass is 16.2. The molecule has 1 aromatic rings. The molecular weight excluding hydrogens is 274 g/mol. The van der Waals surface area contributed by atoms with E-state index in [2.05, 4.69) is 21.7 Å². The molecule has 1 aromatic carbocycles. The van der Waals surface area contributed by atoms with E-state index in [0.29, 0.717) is 0 Å². The molecule has 2 heterocycles. The summed E-state index contributed by atoms with van der Waals surface area (Å²) in [5, 5.41) is 0. The monoisotopic (exact) mass is 301 g/mol. The molecule has 22 heavy (non-hydrogen) atoms. The maximum atomic E-state index is 12.8. The molecule has 4 nitrogen and oxygen atoms in total. The van der Waals surface area contributed by atoms with Crippen LogP contribution in [0.4, 0.5) is 5.69 Å². The van der Waals surface area contributed by atoms with Crippen molar-refractivity contribution < 1.29 is 4.79 Å². The Kier molecular flexibility index (Phi) is 4.13. The maximum Gasteiger partial charge on any atom is 0.253 e. The van der Waals surface area contributed by atoms with Crippen LogP contribution in [0.5, 0.6) is 0 Å². The SMILES string of the molecule is CN(C)c1ccc(C(=O)N2CCCC3(CCCN3C)C2)cc1. The minimum atomic E-state index is 0.185. The zero-order chi connectivity index (χ0) is 15.7. The summed E-state index contributed by atoms with van der Waals surface area (Å²) in [6, 6.07) is 7.96. The van der Waals surface area contributed by atoms with Crippen molar-refractivity contribution in [2.45, 2.75) is 31.2 Å². The van der Waals surface area contributed by atoms with Gasteiger partial charge in [0.05, 0.1) is 0 Å². The third kappa shape index (κ3) is 2.72. The van der Waals surface area contributed by atoms with E-state index in [1.807, 2.05) is 38.4 Å². The predicted octanol–water partition coefficient (Wildman–Crippen LogP) is 2.45. The summed E-state index contributed by atoms with van der Waals surface area (Å²) in [7, 11) is 6.25. The third-order valence-electron chi connectivity index (χ3n) is 5.42. The molecule has 2 fully saturated rings. The molecule has 0 radical (unpaired) electrons. The van der Waals surface area contributed by atoms with E-state index in [-0.39, 0.29) is 11.4 Å². The van der Waals surface area contributed by atoms with Crippen molar-refractivity contribution in [1.29, 1.82) is 0 Å². The van der Waals surface area contributed by atoms with Crippen LogP contribution in [-0.2, 0) is 0 Å². The van der Waals surface area contributed by atoms with Crippen molar-refractivity contribution in [2.75, 3.05) is 45.7 Å². The molecule has 1 spiro atoms. The lowest BCUT2D eigenvalue weighted by atomic mass is 9.86. The lowest BCUT2D eigenvalue weighted by Crippen LogP contribution is -2.55. The van der Waals surface area contributed by atoms with Gasteiger partial charge in [0.15, 0.2) is 0 Å². The van der Waals surface area contributed by atoms with E-state index in [9.17, 15) is 4.79 Å². The Morgan fingerprint density at radius 2 is 1.73 bits per heavy atom. The number of anilines is 1. The summed E-state index contributed by atoms with van der Waals surface area (Å²) in [6.07, 6.45) is 4.83. The topological polar surface area (TPSA) is 26.8 Å². The minimum Gasteiger partial charge on any atom is -0.378 e. The van der Waals surface area contributed by atoms with Gasteiger partial charge in [0.2, 0.25) is 0 Å². The fourth-order valence-electron chi connectivity index (χ4n) is 3.96. The zero-order valence-electron chi connectivity index (χ0n) is 14.0. The smallest absolute Gasteiger partial charge is 0.253 e. The molecule has 0 aromatic heterocycles. The van der Waals surface area contributed by atoms with E-state index >= 15 is 0 Å². The molecule has 2 aliphatic heterocycles. The van der Waals surface area contributed by atoms with Crippen molar-refractivity contribution in [3.8, 4) is 0 Å². The number of likely N-dealkylation sites (tertiary alicyclic amines) is 2. The third-order valence-corrected chi connectivity index (χ3v) is 5.42. The second-order valence-corrected chi connectivity index (χ2v) is 7.02. The number of likely N-dealkylation sites (N-methyl/N-ethyl adjacent to an activating group) is 1. The van der Waals surface area contributed by atoms with Gasteiger partial charge < -0.3 is 9.80 Å². The molecule has 120 valence electrons. The molecule has 1 unspecified atom stereocenters. The van der Waals surface area contributed by atoms with Crippen LogP contribution in [0.1, 0.15) is 36.0 Å². The first kappa shape index (κ1) is 15.3. The summed E-state index contributed by atoms with van der Waals surface area (Å²) in [5.74, 6) is 0.185. The van der Waals surface area contributed by atoms with Crippen molar-refractivity contribution in [1.82, 2.24) is 9.80 Å². The summed E-state index contributed by atoms with van der Waals surface area (Å²) < 4.78 is 0. The molecule has 2 saturated heterocycles. The van der Waals surface area contributed by atoms with E-state index in [0.717, 1.165) is 30.8 Å². The van der Waals surface area contributed by atoms with E-state index in [1.165, 1.54) is 25.8 Å². The van der Waals surface area contributed by atoms with E-state index < -0.39 is 0 Å². The first-order valence-corrected chi connectivity index (χ1v) is 8.30. The average molecular weight is 301 g/mol. The second kappa shape index (κ2) is 5.92. The highest BCUT2D eigenvalue weighted by Gasteiger charge is 2.43. The Morgan fingerprint density at radius 3 is 2.32 bits per heavy atom. The van der Waals surface area contributed by atoms with Gasteiger partial charge in [0.25, 0.3) is 5.91 Å². The lowest BCUT2D eigenvalue weighted by molar-refractivity contribution is 0.0412. The van der Waals surface area contributed by atoms with Gasteiger partial charge in [0, 0.05) is 44.0 Å². The van der Waals surface area contributed by atoms with Gasteiger partial charge in [-0.15, -0.1) is 0 Å². The van der Waals surface area contributed by atoms with Gasteiger partial charge in [-0.25, -0.2) is 0 Å². The van der Waals surface area contributed by atoms with Gasteiger partial charge in [0.1, 0.15) is 0 Å². The number of carbonyl (C=O) groups is 1. The quantitative estimate of drug-likeness (QED) is 0.839. The Morgan fingerprint density at radius 1 is 1.09 bits per heavy atom. The first-order chi connectivity index (χ1) is 10.5. The van der Waals surface area contributed by atoms with Crippen LogP contribution in [0.2, 0.25) is 0 Å². The van der Waals surface area contributed by atoms with Crippen molar-refractivity contribution in [3.63, 3.8) is 0 Å². The number of piperidine rings is 1. The Balaban J connectivity index is 1.74. The summed E-state index contributed by atoms with van der Waals surface area (Å²) in [4.78, 5) is 19.4. The summed E-state index contributed by atoms with van der Waals surface area (Å²) in [6.45, 7) is 2.95. The Labute approximate surface area is 133 Å². The number of benzene rings is 1. The predicted molar refractivity (Wildman–Crippen MR) is 90.5 cm³/mol. The number of hydrogen-bond acceptors (Lipinski definition) is 3. The minimum absolute atomic E-state index is 0.185. The number of hydrogen-bond donors (Lipinski definition) is 0. The molecule has 3 rings (SSSR count). The number of amides is 1. The fourth-order valence-corrected chi connectivity index (χ4v) is 3.96. The van der Waals surface area contributed by atoms with Gasteiger partial charge >= 0.3 is 0 Å². The lowest BCUT2D eigenvalue weighted by Gasteiger charge is -2.44. The first-order valence-electron chi connectivity index (χ1n) is 8.30. The van der Waals surface area contributed by atoms with Crippen LogP contribution < -0.4 is 4.90 Å². The highest BCUT2D eigenvalue weighted by Crippen LogP contribution is 2.36. The van der Waals surface area contributed by atoms with E-state index in [1.54, 1.807) is 0 Å². The van der Waals surface area contributed by atoms with Crippen LogP contribution in [0.15, 0.2) is 24.3 Å². The van der Waals surface area contributed by atoms with Gasteiger partial charge in [-0.2, -0.15) is 0 Å². The van der Waals surface area contributed by atoms with Crippen molar-refractivity contribution in [2.24, 2.45) is 0 Å². The molecule has 0 saturated carbocycles. The van der Waals surface area contributed by atoms with Gasteiger partial charge in [-0.05, 0) is 63.5 Å². The van der Waals surface area contributed by atoms with Crippen molar-refractivity contribution in [3.05, 3.63) is 29.8 Å². The van der Waals surface area contributed by atoms with Crippen LogP contribution in [-0.4, -0.2) is 62.0 Å². The number of carbonyl (C=O) groups excluding carboxylic acids is 1. The van der Waals surface area contributed by atoms with Crippen LogP contribution in [0.3, 0.4) is 0 Å². The Bertz CT molecular complexity index is 540. The molecule has 2 aliphatic rings. The van der Waals surface area contributed by atoms with Crippen molar-refractivity contribution >= 4 is 11.6 Å². The van der Waals surface area contributed by atoms with E-state index in [4.69, 9.17) is 0 Å². The van der Waals surface area contributed by atoms with Crippen LogP contribution in [0.25, 0.3) is 0 Å². The largest absolute Gasteiger partial charge is 0.378 e. The zero-order valence-corrected chi connectivity index (χ0v) is 14.0. The maximum absolute atomic E-state index is 12.8. The highest BCUT2D eigenvalue weighted by molar-refractivity contribution is 5.94. The molecule has 4 heteroatoms. The molecule has 1 amide bonds. The molecule has 0 N–H and O–H groups in total. The number of nitrogens with zero attached hydrogens (tertiary/aromatic N) is 3. The molecule has 0 aliphatic carbocycles. The molecular formula is C18H27N3O. The second-order valence-electron chi connectivity index (χ2n) is 7.02. The number of rotatable bonds is 2. The normalized spacial score (nSPS) is 25.7. The Hall–Kier alpha value is -1.55. The van der Waals surface area contributed by atoms with Crippen LogP contribution >= 0.6 is 0 Å². The summed E-state index contributed by atoms with van der Waals surface area (Å²) >= 11 is 0. The standard InChI is InChI=1S/C18H27N3O/c1-19(2)16-8-6-15(7-9-16)17(22)21-13-5-11-18(14-21)10-4-12-20(18)3/h6-9H,4-5,10-14H2,1-3H3. The van der Waals surface area contributed by atoms with Gasteiger partial charge in [-0.3, -0.25) is 9.69 Å². The van der Waals surface area contributed by atoms with Crippen LogP contribution in [0, 0.1) is 0 Å². The fraction of sp³-hybridized carbons (Fsp3) is 0.611. The summed E-state index contributed by atoms with van der Waals surface area (Å²) in [5.41, 5.74) is 2.17. The van der Waals surface area contributed by atoms with Gasteiger partial charge in [-0.1, -0.05) is 0 Å². The molecule has 0 bridgehead atoms. The molecule has 1 atom stereocenters.